The van der Waals surface area contributed by atoms with Crippen molar-refractivity contribution in [3.63, 3.8) is 0 Å². The summed E-state index contributed by atoms with van der Waals surface area (Å²) in [6, 6.07) is 0. The Morgan fingerprint density at radius 1 is 1.36 bits per heavy atom. The van der Waals surface area contributed by atoms with Gasteiger partial charge in [0.15, 0.2) is 0 Å². The summed E-state index contributed by atoms with van der Waals surface area (Å²) in [5.74, 6) is 0. The molecule has 0 aromatic heterocycles. The number of hydrogen-bond acceptors (Lipinski definition) is 1. The van der Waals surface area contributed by atoms with Crippen molar-refractivity contribution in [3.05, 3.63) is 12.2 Å². The number of aliphatic hydroxyl groups excluding tert-OH is 1. The molecule has 0 saturated heterocycles. The minimum Gasteiger partial charge on any atom is -0.389 e. The third-order valence-electron chi connectivity index (χ3n) is 2.53. The molecule has 0 fully saturated rings. The van der Waals surface area contributed by atoms with E-state index >= 15 is 0 Å². The highest BCUT2D eigenvalue weighted by molar-refractivity contribution is 6.77. The Balaban J connectivity index is 2.57. The first-order valence-corrected chi connectivity index (χ1v) is 7.92. The summed E-state index contributed by atoms with van der Waals surface area (Å²) in [5, 5.41) is 9.38. The molecule has 64 valence electrons. The average molecular weight is 170 g/mol. The Morgan fingerprint density at radius 3 is 2.36 bits per heavy atom. The Hall–Kier alpha value is -0.0831. The lowest BCUT2D eigenvalue weighted by Gasteiger charge is -2.31. The van der Waals surface area contributed by atoms with E-state index in [1.807, 2.05) is 6.08 Å². The zero-order valence-electron chi connectivity index (χ0n) is 7.67. The molecule has 0 radical (unpaired) electrons. The lowest BCUT2D eigenvalue weighted by molar-refractivity contribution is 0.203. The van der Waals surface area contributed by atoms with E-state index < -0.39 is 8.07 Å². The number of allylic oxidation sites excluding steroid dienone is 1. The van der Waals surface area contributed by atoms with E-state index in [1.165, 1.54) is 6.42 Å². The number of rotatable bonds is 1. The smallest absolute Gasteiger partial charge is 0.0721 e. The van der Waals surface area contributed by atoms with Crippen LogP contribution in [0.25, 0.3) is 0 Å². The quantitative estimate of drug-likeness (QED) is 0.473. The van der Waals surface area contributed by atoms with Crippen LogP contribution in [0, 0.1) is 0 Å². The fourth-order valence-corrected chi connectivity index (χ4v) is 3.37. The molecule has 2 atom stereocenters. The molecule has 0 amide bonds. The van der Waals surface area contributed by atoms with Crippen LogP contribution in [0.4, 0.5) is 0 Å². The minimum absolute atomic E-state index is 0.166. The molecule has 0 heterocycles. The molecule has 1 nitrogen and oxygen atoms in total. The lowest BCUT2D eigenvalue weighted by Crippen LogP contribution is -2.31. The van der Waals surface area contributed by atoms with Crippen LogP contribution in [0.3, 0.4) is 0 Å². The molecule has 2 heteroatoms. The highest BCUT2D eigenvalue weighted by Gasteiger charge is 2.28. The third-order valence-corrected chi connectivity index (χ3v) is 5.45. The summed E-state index contributed by atoms with van der Waals surface area (Å²) in [5.41, 5.74) is 0.780. The van der Waals surface area contributed by atoms with Crippen molar-refractivity contribution in [2.75, 3.05) is 0 Å². The van der Waals surface area contributed by atoms with E-state index in [2.05, 4.69) is 25.7 Å². The zero-order chi connectivity index (χ0) is 8.48. The van der Waals surface area contributed by atoms with Crippen LogP contribution in [0.1, 0.15) is 12.8 Å². The Morgan fingerprint density at radius 2 is 2.00 bits per heavy atom. The fourth-order valence-electron chi connectivity index (χ4n) is 1.57. The van der Waals surface area contributed by atoms with Crippen LogP contribution in [-0.2, 0) is 0 Å². The van der Waals surface area contributed by atoms with Gasteiger partial charge in [0.2, 0.25) is 0 Å². The first-order chi connectivity index (χ1) is 5.00. The van der Waals surface area contributed by atoms with Gasteiger partial charge < -0.3 is 5.11 Å². The lowest BCUT2D eigenvalue weighted by atomic mass is 10.1. The normalized spacial score (nSPS) is 32.4. The molecule has 0 spiro atoms. The van der Waals surface area contributed by atoms with Gasteiger partial charge in [-0.05, 0) is 18.4 Å². The van der Waals surface area contributed by atoms with Crippen molar-refractivity contribution in [1.29, 1.82) is 0 Å². The van der Waals surface area contributed by atoms with Crippen LogP contribution in [0.2, 0.25) is 25.2 Å². The first-order valence-electron chi connectivity index (χ1n) is 4.35. The standard InChI is InChI=1S/C9H18OSi/c1-11(2,3)9-6-4-5-8(10)7-9/h4-5,8-10H,6-7H2,1-3H3/t8-,9+/m0/s1. The second kappa shape index (κ2) is 3.11. The molecule has 1 aliphatic carbocycles. The number of hydrogen-bond donors (Lipinski definition) is 1. The van der Waals surface area contributed by atoms with Crippen molar-refractivity contribution in [2.45, 2.75) is 44.1 Å². The van der Waals surface area contributed by atoms with Crippen molar-refractivity contribution in [3.8, 4) is 0 Å². The number of aliphatic hydroxyl groups is 1. The molecule has 11 heavy (non-hydrogen) atoms. The van der Waals surface area contributed by atoms with Crippen molar-refractivity contribution >= 4 is 8.07 Å². The van der Waals surface area contributed by atoms with Gasteiger partial charge in [0.1, 0.15) is 0 Å². The van der Waals surface area contributed by atoms with Gasteiger partial charge in [0.05, 0.1) is 6.10 Å². The predicted molar refractivity (Wildman–Crippen MR) is 51.5 cm³/mol. The van der Waals surface area contributed by atoms with Gasteiger partial charge >= 0.3 is 0 Å². The molecular weight excluding hydrogens is 152 g/mol. The summed E-state index contributed by atoms with van der Waals surface area (Å²) >= 11 is 0. The molecule has 1 rings (SSSR count). The summed E-state index contributed by atoms with van der Waals surface area (Å²) in [4.78, 5) is 0. The van der Waals surface area contributed by atoms with Crippen LogP contribution in [0.15, 0.2) is 12.2 Å². The third kappa shape index (κ3) is 2.45. The van der Waals surface area contributed by atoms with Gasteiger partial charge in [-0.3, -0.25) is 0 Å². The SMILES string of the molecule is C[Si](C)(C)[C@@H]1CC=C[C@H](O)C1. The van der Waals surface area contributed by atoms with Crippen LogP contribution >= 0.6 is 0 Å². The second-order valence-electron chi connectivity index (χ2n) is 4.53. The molecule has 0 aromatic rings. The Kier molecular flexibility index (Phi) is 2.55. The molecule has 1 aliphatic rings. The molecule has 0 unspecified atom stereocenters. The summed E-state index contributed by atoms with van der Waals surface area (Å²) in [6.45, 7) is 7.14. The van der Waals surface area contributed by atoms with E-state index in [-0.39, 0.29) is 6.10 Å². The highest BCUT2D eigenvalue weighted by atomic mass is 28.3. The monoisotopic (exact) mass is 170 g/mol. The van der Waals surface area contributed by atoms with E-state index in [0.717, 1.165) is 12.0 Å². The van der Waals surface area contributed by atoms with E-state index in [4.69, 9.17) is 0 Å². The van der Waals surface area contributed by atoms with E-state index in [1.54, 1.807) is 0 Å². The molecule has 0 aliphatic heterocycles. The molecule has 0 bridgehead atoms. The first kappa shape index (κ1) is 9.01. The Labute approximate surface area is 70.1 Å². The van der Waals surface area contributed by atoms with E-state index in [0.29, 0.717) is 0 Å². The second-order valence-corrected chi connectivity index (χ2v) is 10.1. The minimum atomic E-state index is -1.01. The van der Waals surface area contributed by atoms with Crippen molar-refractivity contribution < 1.29 is 5.11 Å². The average Bonchev–Trinajstić information content (AvgIpc) is 1.86. The fraction of sp³-hybridized carbons (Fsp3) is 0.778. The zero-order valence-corrected chi connectivity index (χ0v) is 8.67. The van der Waals surface area contributed by atoms with Crippen LogP contribution in [0.5, 0.6) is 0 Å². The van der Waals surface area contributed by atoms with Gasteiger partial charge in [0.25, 0.3) is 0 Å². The van der Waals surface area contributed by atoms with E-state index in [9.17, 15) is 5.11 Å². The molecule has 0 saturated carbocycles. The molecule has 0 aromatic carbocycles. The van der Waals surface area contributed by atoms with Crippen molar-refractivity contribution in [2.24, 2.45) is 0 Å². The summed E-state index contributed by atoms with van der Waals surface area (Å²) < 4.78 is 0. The maximum atomic E-state index is 9.38. The molecular formula is C9H18OSi. The topological polar surface area (TPSA) is 20.2 Å². The van der Waals surface area contributed by atoms with Crippen molar-refractivity contribution in [1.82, 2.24) is 0 Å². The maximum absolute atomic E-state index is 9.38. The van der Waals surface area contributed by atoms with Gasteiger partial charge in [-0.2, -0.15) is 0 Å². The van der Waals surface area contributed by atoms with Gasteiger partial charge in [0, 0.05) is 8.07 Å². The Bertz CT molecular complexity index is 157. The molecule has 1 N–H and O–H groups in total. The van der Waals surface area contributed by atoms with Gasteiger partial charge in [-0.15, -0.1) is 0 Å². The highest BCUT2D eigenvalue weighted by Crippen LogP contribution is 2.33. The largest absolute Gasteiger partial charge is 0.389 e. The maximum Gasteiger partial charge on any atom is 0.0721 e. The summed E-state index contributed by atoms with van der Waals surface area (Å²) in [6.07, 6.45) is 6.08. The van der Waals surface area contributed by atoms with Gasteiger partial charge in [-0.25, -0.2) is 0 Å². The predicted octanol–water partition coefficient (Wildman–Crippen LogP) is 2.41. The van der Waals surface area contributed by atoms with Crippen LogP contribution in [-0.4, -0.2) is 19.3 Å². The van der Waals surface area contributed by atoms with Crippen LogP contribution < -0.4 is 0 Å². The van der Waals surface area contributed by atoms with Gasteiger partial charge in [-0.1, -0.05) is 31.8 Å². The summed E-state index contributed by atoms with van der Waals surface area (Å²) in [7, 11) is -1.01.